The molecule has 1 N–H and O–H groups in total. The molecule has 1 fully saturated rings. The second-order valence-corrected chi connectivity index (χ2v) is 5.60. The molecule has 1 heterocycles. The molecule has 5 nitrogen and oxygen atoms in total. The predicted molar refractivity (Wildman–Crippen MR) is 81.8 cm³/mol. The monoisotopic (exact) mass is 308 g/mol. The molecular weight excluding hydrogens is 296 g/mol. The molecule has 1 aliphatic rings. The molecule has 1 aromatic carbocycles. The van der Waals surface area contributed by atoms with Gasteiger partial charge in [-0.25, -0.2) is 0 Å². The third-order valence-corrected chi connectivity index (χ3v) is 3.79. The van der Waals surface area contributed by atoms with Crippen LogP contribution in [0, 0.1) is 0 Å². The van der Waals surface area contributed by atoms with Crippen LogP contribution in [-0.4, -0.2) is 28.3 Å². The molecular formula is C13H12N2O3S2. The molecule has 1 aromatic rings. The Hall–Kier alpha value is -1.86. The van der Waals surface area contributed by atoms with E-state index < -0.39 is 0 Å². The summed E-state index contributed by atoms with van der Waals surface area (Å²) < 4.78 is 5.53. The highest BCUT2D eigenvalue weighted by atomic mass is 32.2. The van der Waals surface area contributed by atoms with Gasteiger partial charge in [0.15, 0.2) is 4.32 Å². The number of nitrogens with zero attached hydrogens (tertiary/aromatic N) is 1. The Morgan fingerprint density at radius 1 is 1.45 bits per heavy atom. The van der Waals surface area contributed by atoms with Crippen LogP contribution in [0.3, 0.4) is 0 Å². The standard InChI is InChI=1S/C13H12N2O3S2/c1-8(16)14-15-12(17)11(20-13(15)19)7-9-5-3-4-6-10(9)18-2/h3-7H,1-2H3,(H,14,16)/b11-7-. The number of benzene rings is 1. The summed E-state index contributed by atoms with van der Waals surface area (Å²) in [5.41, 5.74) is 3.17. The summed E-state index contributed by atoms with van der Waals surface area (Å²) in [4.78, 5) is 23.6. The summed E-state index contributed by atoms with van der Waals surface area (Å²) in [7, 11) is 1.56. The number of carbonyl (C=O) groups excluding carboxylic acids is 2. The van der Waals surface area contributed by atoms with E-state index in [0.29, 0.717) is 15.0 Å². The van der Waals surface area contributed by atoms with Crippen LogP contribution in [0.5, 0.6) is 5.75 Å². The molecule has 0 bridgehead atoms. The zero-order chi connectivity index (χ0) is 14.7. The number of carbonyl (C=O) groups is 2. The first-order valence-electron chi connectivity index (χ1n) is 5.71. The van der Waals surface area contributed by atoms with Crippen molar-refractivity contribution in [1.82, 2.24) is 10.4 Å². The van der Waals surface area contributed by atoms with Crippen LogP contribution in [0.2, 0.25) is 0 Å². The Labute approximate surface area is 125 Å². The Bertz CT molecular complexity index is 613. The molecule has 0 atom stereocenters. The highest BCUT2D eigenvalue weighted by Crippen LogP contribution is 2.33. The molecule has 0 radical (unpaired) electrons. The average Bonchev–Trinajstić information content (AvgIpc) is 2.67. The van der Waals surface area contributed by atoms with E-state index in [1.807, 2.05) is 18.2 Å². The van der Waals surface area contributed by atoms with Crippen molar-refractivity contribution in [2.45, 2.75) is 6.92 Å². The Morgan fingerprint density at radius 3 is 2.80 bits per heavy atom. The number of thioether (sulfide) groups is 1. The van der Waals surface area contributed by atoms with Crippen molar-refractivity contribution < 1.29 is 14.3 Å². The van der Waals surface area contributed by atoms with Crippen molar-refractivity contribution in [3.05, 3.63) is 34.7 Å². The van der Waals surface area contributed by atoms with Crippen LogP contribution in [0.4, 0.5) is 0 Å². The highest BCUT2D eigenvalue weighted by molar-refractivity contribution is 8.26. The van der Waals surface area contributed by atoms with Gasteiger partial charge in [-0.05, 0) is 24.4 Å². The fourth-order valence-electron chi connectivity index (χ4n) is 1.65. The summed E-state index contributed by atoms with van der Waals surface area (Å²) in [6.45, 7) is 1.32. The van der Waals surface area contributed by atoms with Gasteiger partial charge in [0.2, 0.25) is 5.91 Å². The highest BCUT2D eigenvalue weighted by Gasteiger charge is 2.33. The largest absolute Gasteiger partial charge is 0.496 e. The molecule has 104 valence electrons. The first-order chi connectivity index (χ1) is 9.52. The minimum absolute atomic E-state index is 0.298. The van der Waals surface area contributed by atoms with Gasteiger partial charge in [-0.3, -0.25) is 15.0 Å². The number of nitrogens with one attached hydrogen (secondary N) is 1. The first kappa shape index (κ1) is 14.5. The SMILES string of the molecule is COc1ccccc1/C=C1\SC(=S)N(NC(C)=O)C1=O. The molecule has 0 spiro atoms. The number of hydrazine groups is 1. The predicted octanol–water partition coefficient (Wildman–Crippen LogP) is 1.95. The summed E-state index contributed by atoms with van der Waals surface area (Å²) >= 11 is 6.21. The number of para-hydroxylation sites is 1. The Balaban J connectivity index is 2.30. The summed E-state index contributed by atoms with van der Waals surface area (Å²) in [6.07, 6.45) is 1.69. The summed E-state index contributed by atoms with van der Waals surface area (Å²) in [5.74, 6) is -0.0294. The van der Waals surface area contributed by atoms with E-state index in [-0.39, 0.29) is 11.8 Å². The van der Waals surface area contributed by atoms with E-state index in [1.165, 1.54) is 6.92 Å². The molecule has 2 rings (SSSR count). The Kier molecular flexibility index (Phi) is 4.41. The summed E-state index contributed by atoms with van der Waals surface area (Å²) in [6, 6.07) is 7.34. The second-order valence-electron chi connectivity index (χ2n) is 3.93. The van der Waals surface area contributed by atoms with Crippen LogP contribution < -0.4 is 10.2 Å². The van der Waals surface area contributed by atoms with Crippen molar-refractivity contribution >= 4 is 46.2 Å². The zero-order valence-electron chi connectivity index (χ0n) is 10.9. The second kappa shape index (κ2) is 6.06. The van der Waals surface area contributed by atoms with Crippen molar-refractivity contribution in [2.24, 2.45) is 0 Å². The molecule has 0 aliphatic carbocycles. The first-order valence-corrected chi connectivity index (χ1v) is 6.93. The van der Waals surface area contributed by atoms with Gasteiger partial charge in [0, 0.05) is 12.5 Å². The lowest BCUT2D eigenvalue weighted by Gasteiger charge is -2.13. The van der Waals surface area contributed by atoms with Crippen molar-refractivity contribution in [3.63, 3.8) is 0 Å². The van der Waals surface area contributed by atoms with E-state index in [2.05, 4.69) is 5.43 Å². The topological polar surface area (TPSA) is 58.6 Å². The maximum absolute atomic E-state index is 12.1. The molecule has 1 saturated heterocycles. The van der Waals surface area contributed by atoms with E-state index in [1.54, 1.807) is 19.3 Å². The fourth-order valence-corrected chi connectivity index (χ4v) is 2.82. The van der Waals surface area contributed by atoms with E-state index in [4.69, 9.17) is 17.0 Å². The lowest BCUT2D eigenvalue weighted by atomic mass is 10.2. The van der Waals surface area contributed by atoms with Gasteiger partial charge in [-0.2, -0.15) is 5.01 Å². The summed E-state index contributed by atoms with van der Waals surface area (Å²) in [5, 5.41) is 1.07. The zero-order valence-corrected chi connectivity index (χ0v) is 12.5. The molecule has 0 saturated carbocycles. The Morgan fingerprint density at radius 2 is 2.15 bits per heavy atom. The molecule has 0 unspecified atom stereocenters. The molecule has 20 heavy (non-hydrogen) atoms. The van der Waals surface area contributed by atoms with Crippen molar-refractivity contribution in [3.8, 4) is 5.75 Å². The van der Waals surface area contributed by atoms with Gasteiger partial charge in [-0.15, -0.1) is 0 Å². The maximum atomic E-state index is 12.1. The van der Waals surface area contributed by atoms with Crippen LogP contribution in [0.15, 0.2) is 29.2 Å². The average molecular weight is 308 g/mol. The minimum Gasteiger partial charge on any atom is -0.496 e. The third kappa shape index (κ3) is 3.00. The van der Waals surface area contributed by atoms with Gasteiger partial charge in [0.1, 0.15) is 5.75 Å². The third-order valence-electron chi connectivity index (χ3n) is 2.49. The lowest BCUT2D eigenvalue weighted by Crippen LogP contribution is -2.43. The van der Waals surface area contributed by atoms with Crippen LogP contribution >= 0.6 is 24.0 Å². The van der Waals surface area contributed by atoms with Gasteiger partial charge >= 0.3 is 0 Å². The number of rotatable bonds is 3. The van der Waals surface area contributed by atoms with Gasteiger partial charge in [0.25, 0.3) is 5.91 Å². The number of hydrogen-bond acceptors (Lipinski definition) is 5. The number of hydrogen-bond donors (Lipinski definition) is 1. The van der Waals surface area contributed by atoms with Crippen molar-refractivity contribution in [2.75, 3.05) is 7.11 Å². The van der Waals surface area contributed by atoms with Gasteiger partial charge in [-0.1, -0.05) is 30.0 Å². The fraction of sp³-hybridized carbons (Fsp3) is 0.154. The van der Waals surface area contributed by atoms with Crippen molar-refractivity contribution in [1.29, 1.82) is 0 Å². The quantitative estimate of drug-likeness (QED) is 0.683. The van der Waals surface area contributed by atoms with E-state index >= 15 is 0 Å². The van der Waals surface area contributed by atoms with Crippen LogP contribution in [-0.2, 0) is 9.59 Å². The smallest absolute Gasteiger partial charge is 0.285 e. The molecule has 7 heteroatoms. The lowest BCUT2D eigenvalue weighted by molar-refractivity contribution is -0.131. The number of thiocarbonyl (C=S) groups is 1. The molecule has 2 amide bonds. The van der Waals surface area contributed by atoms with E-state index in [9.17, 15) is 9.59 Å². The number of methoxy groups -OCH3 is 1. The number of ether oxygens (including phenoxy) is 1. The molecule has 1 aliphatic heterocycles. The van der Waals surface area contributed by atoms with Gasteiger partial charge < -0.3 is 4.74 Å². The normalized spacial score (nSPS) is 16.7. The van der Waals surface area contributed by atoms with E-state index in [0.717, 1.165) is 22.3 Å². The van der Waals surface area contributed by atoms with Crippen LogP contribution in [0.25, 0.3) is 6.08 Å². The van der Waals surface area contributed by atoms with Crippen LogP contribution in [0.1, 0.15) is 12.5 Å². The molecule has 0 aromatic heterocycles. The van der Waals surface area contributed by atoms with Gasteiger partial charge in [0.05, 0.1) is 12.0 Å². The maximum Gasteiger partial charge on any atom is 0.285 e. The number of amides is 2. The minimum atomic E-state index is -0.347.